The number of hydrogen-bond donors (Lipinski definition) is 2. The fourth-order valence-electron chi connectivity index (χ4n) is 3.20. The maximum atomic E-state index is 13.6. The molecule has 0 radical (unpaired) electrons. The summed E-state index contributed by atoms with van der Waals surface area (Å²) in [6.45, 7) is -3.03. The summed E-state index contributed by atoms with van der Waals surface area (Å²) in [6, 6.07) is 13.0. The molecule has 150 valence electrons. The molecule has 0 unspecified atom stereocenters. The van der Waals surface area contributed by atoms with Gasteiger partial charge in [-0.25, -0.2) is 9.18 Å². The molecule has 1 fully saturated rings. The Morgan fingerprint density at radius 2 is 1.96 bits per heavy atom. The van der Waals surface area contributed by atoms with Crippen molar-refractivity contribution in [3.63, 3.8) is 0 Å². The highest BCUT2D eigenvalue weighted by molar-refractivity contribution is 5.89. The molecule has 2 aromatic carbocycles. The van der Waals surface area contributed by atoms with Crippen LogP contribution >= 0.6 is 0 Å². The van der Waals surface area contributed by atoms with Gasteiger partial charge in [0.1, 0.15) is 11.9 Å². The van der Waals surface area contributed by atoms with Crippen molar-refractivity contribution in [2.75, 3.05) is 18.4 Å². The zero-order valence-electron chi connectivity index (χ0n) is 15.0. The molecule has 1 heterocycles. The number of amides is 2. The molecular weight excluding hydrogens is 373 g/mol. The van der Waals surface area contributed by atoms with E-state index in [1.165, 1.54) is 17.0 Å². The van der Waals surface area contributed by atoms with E-state index in [4.69, 9.17) is 0 Å². The summed E-state index contributed by atoms with van der Waals surface area (Å²) < 4.78 is 43.6. The fourth-order valence-corrected chi connectivity index (χ4v) is 3.20. The molecule has 0 bridgehead atoms. The van der Waals surface area contributed by atoms with E-state index in [2.05, 4.69) is 10.1 Å². The molecule has 3 rings (SSSR count). The van der Waals surface area contributed by atoms with Crippen molar-refractivity contribution in [3.8, 4) is 5.75 Å². The van der Waals surface area contributed by atoms with Crippen LogP contribution in [0.5, 0.6) is 5.75 Å². The predicted octanol–water partition coefficient (Wildman–Crippen LogP) is 3.82. The maximum Gasteiger partial charge on any atom is 0.387 e. The Morgan fingerprint density at radius 1 is 1.21 bits per heavy atom. The number of aliphatic hydroxyl groups is 1. The average molecular weight is 394 g/mol. The summed E-state index contributed by atoms with van der Waals surface area (Å²) in [5.74, 6) is 0.0223. The molecule has 2 N–H and O–H groups in total. The minimum absolute atomic E-state index is 0.00463. The summed E-state index contributed by atoms with van der Waals surface area (Å²) >= 11 is 0. The Bertz CT molecular complexity index is 795. The van der Waals surface area contributed by atoms with Gasteiger partial charge < -0.3 is 20.1 Å². The summed E-state index contributed by atoms with van der Waals surface area (Å²) in [7, 11) is 0. The quantitative estimate of drug-likeness (QED) is 0.811. The molecule has 2 atom stereocenters. The van der Waals surface area contributed by atoms with Crippen molar-refractivity contribution >= 4 is 11.7 Å². The number of anilines is 1. The number of likely N-dealkylation sites (tertiary alicyclic amines) is 1. The highest BCUT2D eigenvalue weighted by Gasteiger charge is 2.29. The van der Waals surface area contributed by atoms with E-state index in [0.29, 0.717) is 17.7 Å². The molecule has 0 aliphatic carbocycles. The maximum absolute atomic E-state index is 13.6. The number of nitrogens with zero attached hydrogens (tertiary/aromatic N) is 1. The van der Waals surface area contributed by atoms with E-state index in [1.54, 1.807) is 6.07 Å². The van der Waals surface area contributed by atoms with Crippen molar-refractivity contribution in [1.82, 2.24) is 4.90 Å². The van der Waals surface area contributed by atoms with Crippen molar-refractivity contribution in [3.05, 3.63) is 59.7 Å². The van der Waals surface area contributed by atoms with Gasteiger partial charge in [0.15, 0.2) is 0 Å². The minimum atomic E-state index is -2.97. The lowest BCUT2D eigenvalue weighted by Gasteiger charge is -2.32. The largest absolute Gasteiger partial charge is 0.435 e. The van der Waals surface area contributed by atoms with Gasteiger partial charge in [-0.1, -0.05) is 30.3 Å². The Hall–Kier alpha value is -2.74. The zero-order valence-corrected chi connectivity index (χ0v) is 15.0. The summed E-state index contributed by atoms with van der Waals surface area (Å²) in [4.78, 5) is 13.6. The number of piperidine rings is 1. The first-order valence-corrected chi connectivity index (χ1v) is 8.90. The molecule has 1 aliphatic rings. The highest BCUT2D eigenvalue weighted by atomic mass is 19.3. The minimum Gasteiger partial charge on any atom is -0.435 e. The third kappa shape index (κ3) is 5.39. The van der Waals surface area contributed by atoms with E-state index in [9.17, 15) is 23.1 Å². The van der Waals surface area contributed by atoms with Crippen LogP contribution in [0.2, 0.25) is 0 Å². The van der Waals surface area contributed by atoms with E-state index < -0.39 is 24.9 Å². The molecule has 2 amide bonds. The first-order valence-electron chi connectivity index (χ1n) is 8.90. The lowest BCUT2D eigenvalue weighted by atomic mass is 10.0. The molecule has 0 aromatic heterocycles. The number of ether oxygens (including phenoxy) is 1. The van der Waals surface area contributed by atoms with Crippen LogP contribution in [0, 0.1) is 0 Å². The third-order valence-electron chi connectivity index (χ3n) is 4.43. The molecule has 5 nitrogen and oxygen atoms in total. The number of halogens is 3. The Morgan fingerprint density at radius 3 is 2.64 bits per heavy atom. The number of carbonyl (C=O) groups excluding carboxylic acids is 1. The van der Waals surface area contributed by atoms with Gasteiger partial charge in [0.25, 0.3) is 0 Å². The zero-order chi connectivity index (χ0) is 20.1. The normalized spacial score (nSPS) is 19.5. The van der Waals surface area contributed by atoms with E-state index in [-0.39, 0.29) is 25.3 Å². The number of benzene rings is 2. The fraction of sp³-hybridized carbons (Fsp3) is 0.350. The first-order chi connectivity index (χ1) is 13.4. The lowest BCUT2D eigenvalue weighted by Crippen LogP contribution is -2.48. The number of hydrogen-bond acceptors (Lipinski definition) is 3. The lowest BCUT2D eigenvalue weighted by molar-refractivity contribution is -0.0503. The second-order valence-corrected chi connectivity index (χ2v) is 6.69. The SMILES string of the molecule is O=C(Nc1ccc(OC(F)F)c(Cc2ccccc2)c1)N1C[C@H](O)C[C@H](F)C1. The predicted molar refractivity (Wildman–Crippen MR) is 98.4 cm³/mol. The van der Waals surface area contributed by atoms with E-state index in [0.717, 1.165) is 5.56 Å². The molecular formula is C20H21F3N2O3. The van der Waals surface area contributed by atoms with Gasteiger partial charge in [-0.3, -0.25) is 0 Å². The molecule has 1 saturated heterocycles. The molecule has 28 heavy (non-hydrogen) atoms. The average Bonchev–Trinajstić information content (AvgIpc) is 2.63. The number of alkyl halides is 3. The molecule has 1 aliphatic heterocycles. The first kappa shape index (κ1) is 20.0. The summed E-state index contributed by atoms with van der Waals surface area (Å²) in [5, 5.41) is 12.3. The van der Waals surface area contributed by atoms with Crippen molar-refractivity contribution in [2.45, 2.75) is 31.7 Å². The smallest absolute Gasteiger partial charge is 0.387 e. The molecule has 0 spiro atoms. The van der Waals surface area contributed by atoms with Crippen LogP contribution in [-0.2, 0) is 6.42 Å². The Kier molecular flexibility index (Phi) is 6.41. The Balaban J connectivity index is 1.77. The molecule has 8 heteroatoms. The molecule has 0 saturated carbocycles. The second-order valence-electron chi connectivity index (χ2n) is 6.69. The van der Waals surface area contributed by atoms with Crippen LogP contribution in [0.3, 0.4) is 0 Å². The Labute approximate surface area is 160 Å². The topological polar surface area (TPSA) is 61.8 Å². The number of urea groups is 1. The van der Waals surface area contributed by atoms with Crippen LogP contribution in [0.15, 0.2) is 48.5 Å². The van der Waals surface area contributed by atoms with E-state index in [1.807, 2.05) is 30.3 Å². The van der Waals surface area contributed by atoms with Gasteiger partial charge in [-0.15, -0.1) is 0 Å². The number of rotatable bonds is 5. The van der Waals surface area contributed by atoms with Crippen LogP contribution in [0.25, 0.3) is 0 Å². The second kappa shape index (κ2) is 8.97. The van der Waals surface area contributed by atoms with Crippen molar-refractivity contribution < 1.29 is 27.8 Å². The van der Waals surface area contributed by atoms with Gasteiger partial charge in [-0.05, 0) is 23.8 Å². The van der Waals surface area contributed by atoms with E-state index >= 15 is 0 Å². The number of aliphatic hydroxyl groups excluding tert-OH is 1. The van der Waals surface area contributed by atoms with Gasteiger partial charge in [-0.2, -0.15) is 8.78 Å². The summed E-state index contributed by atoms with van der Waals surface area (Å²) in [6.07, 6.45) is -1.86. The highest BCUT2D eigenvalue weighted by Crippen LogP contribution is 2.27. The van der Waals surface area contributed by atoms with Crippen molar-refractivity contribution in [1.29, 1.82) is 0 Å². The van der Waals surface area contributed by atoms with Gasteiger partial charge >= 0.3 is 12.6 Å². The monoisotopic (exact) mass is 394 g/mol. The third-order valence-corrected chi connectivity index (χ3v) is 4.43. The van der Waals surface area contributed by atoms with Gasteiger partial charge in [0.05, 0.1) is 12.6 Å². The van der Waals surface area contributed by atoms with Crippen LogP contribution in [0.4, 0.5) is 23.7 Å². The van der Waals surface area contributed by atoms with Gasteiger partial charge in [0.2, 0.25) is 0 Å². The number of carbonyl (C=O) groups is 1. The standard InChI is InChI=1S/C20H21F3N2O3/c21-15-10-17(26)12-25(11-15)20(27)24-16-6-7-18(28-19(22)23)14(9-16)8-13-4-2-1-3-5-13/h1-7,9,15,17,19,26H,8,10-12H2,(H,24,27)/t15-,17+/m0/s1. The van der Waals surface area contributed by atoms with Crippen LogP contribution in [0.1, 0.15) is 17.5 Å². The van der Waals surface area contributed by atoms with Crippen LogP contribution in [-0.4, -0.2) is 48.0 Å². The van der Waals surface area contributed by atoms with Crippen molar-refractivity contribution in [2.24, 2.45) is 0 Å². The summed E-state index contributed by atoms with van der Waals surface area (Å²) in [5.41, 5.74) is 1.74. The molecule has 2 aromatic rings. The number of nitrogens with one attached hydrogen (secondary N) is 1. The number of β-amino-alcohol motifs (C(OH)–C–C–N with tert-alkyl or cyclic N) is 1. The van der Waals surface area contributed by atoms with Gasteiger partial charge in [0, 0.05) is 30.6 Å². The van der Waals surface area contributed by atoms with Crippen LogP contribution < -0.4 is 10.1 Å².